The molecule has 0 aliphatic carbocycles. The monoisotopic (exact) mass is 375 g/mol. The second-order valence-electron chi connectivity index (χ2n) is 5.36. The van der Waals surface area contributed by atoms with E-state index in [9.17, 15) is 5.11 Å². The van der Waals surface area contributed by atoms with Gasteiger partial charge in [-0.2, -0.15) is 4.57 Å². The summed E-state index contributed by atoms with van der Waals surface area (Å²) in [5.74, 6) is 0.293. The lowest BCUT2D eigenvalue weighted by Gasteiger charge is -2.17. The highest BCUT2D eigenvalue weighted by Gasteiger charge is 2.10. The zero-order valence-electron chi connectivity index (χ0n) is 14.0. The summed E-state index contributed by atoms with van der Waals surface area (Å²) in [7, 11) is -4.94. The van der Waals surface area contributed by atoms with E-state index in [0.717, 1.165) is 12.1 Å². The molecule has 3 aromatic rings. The highest BCUT2D eigenvalue weighted by molar-refractivity contribution is 5.77. The second-order valence-corrected chi connectivity index (χ2v) is 6.12. The molecule has 1 aromatic heterocycles. The van der Waals surface area contributed by atoms with E-state index in [1.807, 2.05) is 12.1 Å². The fraction of sp³-hybridized carbons (Fsp3) is 0.105. The van der Waals surface area contributed by atoms with Crippen LogP contribution in [-0.4, -0.2) is 5.11 Å². The molecule has 1 heterocycles. The van der Waals surface area contributed by atoms with Crippen molar-refractivity contribution in [3.63, 3.8) is 0 Å². The molecule has 0 spiro atoms. The van der Waals surface area contributed by atoms with E-state index in [-0.39, 0.29) is 0 Å². The Bertz CT molecular complexity index is 883. The van der Waals surface area contributed by atoms with E-state index in [1.54, 1.807) is 12.1 Å². The molecule has 136 valence electrons. The zero-order valence-corrected chi connectivity index (χ0v) is 14.8. The number of aromatic hydroxyl groups is 1. The van der Waals surface area contributed by atoms with Crippen molar-refractivity contribution in [2.75, 3.05) is 0 Å². The molecule has 0 aliphatic rings. The average Bonchev–Trinajstić information content (AvgIpc) is 2.59. The Morgan fingerprint density at radius 1 is 0.885 bits per heavy atom. The largest absolute Gasteiger partial charge is 0.508 e. The number of hydrogen-bond donors (Lipinski definition) is 1. The Morgan fingerprint density at radius 2 is 1.50 bits per heavy atom. The lowest BCUT2D eigenvalue weighted by Crippen LogP contribution is -2.68. The maximum absolute atomic E-state index is 9.31. The Morgan fingerprint density at radius 3 is 2.12 bits per heavy atom. The number of fused-ring (bicyclic) bond motifs is 1. The van der Waals surface area contributed by atoms with Gasteiger partial charge in [-0.05, 0) is 42.8 Å². The van der Waals surface area contributed by atoms with Crippen molar-refractivity contribution < 1.29 is 38.6 Å². The standard InChI is InChI=1S/C19H17NO.ClHO4/c1-2-20-17(11-7-15-8-13-18(21)14-9-15)12-10-16-5-3-4-6-19(16)20;2-1(3,4)5/h3-14H,2H2,1H3;(H,2,3,4,5). The van der Waals surface area contributed by atoms with Crippen LogP contribution in [0.2, 0.25) is 0 Å². The van der Waals surface area contributed by atoms with Gasteiger partial charge in [0.15, 0.2) is 0 Å². The molecule has 0 saturated carbocycles. The fourth-order valence-electron chi connectivity index (χ4n) is 2.54. The molecule has 0 fully saturated rings. The van der Waals surface area contributed by atoms with Gasteiger partial charge in [0, 0.05) is 23.6 Å². The van der Waals surface area contributed by atoms with Crippen LogP contribution in [0, 0.1) is 10.2 Å². The summed E-state index contributed by atoms with van der Waals surface area (Å²) in [6.45, 7) is 3.08. The number of aromatic nitrogens is 1. The highest BCUT2D eigenvalue weighted by atomic mass is 35.7. The summed E-state index contributed by atoms with van der Waals surface area (Å²) in [4.78, 5) is 0. The summed E-state index contributed by atoms with van der Waals surface area (Å²) < 4.78 is 36.3. The van der Waals surface area contributed by atoms with Crippen molar-refractivity contribution in [1.29, 1.82) is 0 Å². The molecule has 26 heavy (non-hydrogen) atoms. The van der Waals surface area contributed by atoms with Gasteiger partial charge < -0.3 is 5.11 Å². The van der Waals surface area contributed by atoms with Crippen LogP contribution in [-0.2, 0) is 6.54 Å². The van der Waals surface area contributed by atoms with Crippen molar-refractivity contribution in [2.45, 2.75) is 13.5 Å². The average molecular weight is 376 g/mol. The van der Waals surface area contributed by atoms with Gasteiger partial charge in [-0.15, -0.1) is 10.2 Å². The van der Waals surface area contributed by atoms with E-state index in [4.69, 9.17) is 18.6 Å². The Kier molecular flexibility index (Phi) is 6.68. The van der Waals surface area contributed by atoms with Crippen molar-refractivity contribution >= 4 is 23.1 Å². The first-order chi connectivity index (χ1) is 12.3. The zero-order chi connectivity index (χ0) is 19.2. The highest BCUT2D eigenvalue weighted by Crippen LogP contribution is 2.14. The lowest BCUT2D eigenvalue weighted by atomic mass is 10.1. The number of pyridine rings is 1. The molecule has 0 saturated heterocycles. The van der Waals surface area contributed by atoms with Crippen molar-refractivity contribution in [1.82, 2.24) is 0 Å². The number of benzene rings is 2. The Hall–Kier alpha value is -2.48. The van der Waals surface area contributed by atoms with Gasteiger partial charge in [0.1, 0.15) is 12.3 Å². The number of para-hydroxylation sites is 1. The molecule has 0 radical (unpaired) electrons. The van der Waals surface area contributed by atoms with Gasteiger partial charge >= 0.3 is 0 Å². The van der Waals surface area contributed by atoms with E-state index < -0.39 is 10.2 Å². The van der Waals surface area contributed by atoms with Crippen LogP contribution in [0.5, 0.6) is 5.75 Å². The normalized spacial score (nSPS) is 11.4. The minimum Gasteiger partial charge on any atom is -0.508 e. The quantitative estimate of drug-likeness (QED) is 0.605. The van der Waals surface area contributed by atoms with E-state index in [0.29, 0.717) is 5.75 Å². The molecule has 0 aliphatic heterocycles. The minimum atomic E-state index is -4.94. The van der Waals surface area contributed by atoms with Crippen LogP contribution in [0.4, 0.5) is 0 Å². The summed E-state index contributed by atoms with van der Waals surface area (Å²) in [5, 5.41) is 10.6. The van der Waals surface area contributed by atoms with Crippen LogP contribution in [0.1, 0.15) is 18.2 Å². The number of aryl methyl sites for hydroxylation is 1. The van der Waals surface area contributed by atoms with E-state index in [2.05, 4.69) is 60.0 Å². The SMILES string of the molecule is CC[n+]1c(C=Cc2ccc(O)cc2)ccc2ccccc21.[O-][Cl+3]([O-])([O-])[O-]. The molecular weight excluding hydrogens is 358 g/mol. The summed E-state index contributed by atoms with van der Waals surface area (Å²) in [5.41, 5.74) is 3.49. The summed E-state index contributed by atoms with van der Waals surface area (Å²) >= 11 is 0. The maximum Gasteiger partial charge on any atom is 0.212 e. The number of nitrogens with zero attached hydrogens (tertiary/aromatic N) is 1. The number of halogens is 1. The molecule has 2 aromatic carbocycles. The Labute approximate surface area is 153 Å². The molecule has 0 unspecified atom stereocenters. The van der Waals surface area contributed by atoms with Gasteiger partial charge in [-0.3, -0.25) is 0 Å². The van der Waals surface area contributed by atoms with Gasteiger partial charge in [-0.1, -0.05) is 24.3 Å². The van der Waals surface area contributed by atoms with Gasteiger partial charge in [0.25, 0.3) is 0 Å². The third-order valence-corrected chi connectivity index (χ3v) is 3.63. The van der Waals surface area contributed by atoms with Crippen LogP contribution < -0.4 is 23.2 Å². The number of rotatable bonds is 3. The first kappa shape index (κ1) is 19.8. The topological polar surface area (TPSA) is 116 Å². The molecule has 7 heteroatoms. The van der Waals surface area contributed by atoms with E-state index >= 15 is 0 Å². The van der Waals surface area contributed by atoms with E-state index in [1.165, 1.54) is 16.6 Å². The predicted octanol–water partition coefficient (Wildman–Crippen LogP) is -0.733. The third-order valence-electron chi connectivity index (χ3n) is 3.63. The Balaban J connectivity index is 0.000000431. The second kappa shape index (κ2) is 8.75. The lowest BCUT2D eigenvalue weighted by molar-refractivity contribution is -2.00. The molecule has 1 N–H and O–H groups in total. The van der Waals surface area contributed by atoms with Crippen LogP contribution in [0.25, 0.3) is 23.1 Å². The van der Waals surface area contributed by atoms with Gasteiger partial charge in [0.2, 0.25) is 11.2 Å². The van der Waals surface area contributed by atoms with Crippen molar-refractivity contribution in [3.05, 3.63) is 71.9 Å². The first-order valence-electron chi connectivity index (χ1n) is 7.78. The predicted molar refractivity (Wildman–Crippen MR) is 86.9 cm³/mol. The molecule has 0 bridgehead atoms. The van der Waals surface area contributed by atoms with Crippen LogP contribution >= 0.6 is 0 Å². The number of phenols is 1. The fourth-order valence-corrected chi connectivity index (χ4v) is 2.54. The van der Waals surface area contributed by atoms with Crippen LogP contribution in [0.15, 0.2) is 60.7 Å². The van der Waals surface area contributed by atoms with Gasteiger partial charge in [0.05, 0.1) is 0 Å². The molecule has 0 atom stereocenters. The van der Waals surface area contributed by atoms with Gasteiger partial charge in [-0.25, -0.2) is 18.6 Å². The molecule has 3 rings (SSSR count). The number of hydrogen-bond acceptors (Lipinski definition) is 5. The van der Waals surface area contributed by atoms with Crippen molar-refractivity contribution in [2.24, 2.45) is 0 Å². The summed E-state index contributed by atoms with van der Waals surface area (Å²) in [6.07, 6.45) is 4.18. The van der Waals surface area contributed by atoms with Crippen LogP contribution in [0.3, 0.4) is 0 Å². The minimum absolute atomic E-state index is 0.293. The maximum atomic E-state index is 9.31. The summed E-state index contributed by atoms with van der Waals surface area (Å²) in [6, 6.07) is 19.9. The smallest absolute Gasteiger partial charge is 0.212 e. The number of phenolic OH excluding ortho intramolecular Hbond substituents is 1. The first-order valence-corrected chi connectivity index (χ1v) is 9.02. The third kappa shape index (κ3) is 6.11. The molecular formula is C19H18ClNO5. The van der Waals surface area contributed by atoms with Crippen molar-refractivity contribution in [3.8, 4) is 5.75 Å². The molecule has 6 nitrogen and oxygen atoms in total. The molecule has 0 amide bonds.